The molecule has 4 saturated carbocycles. The number of hydrogen-bond donors (Lipinski definition) is 0. The molecule has 4 aliphatic carbocycles. The van der Waals surface area contributed by atoms with Crippen LogP contribution in [0.15, 0.2) is 54.6 Å². The topological polar surface area (TPSA) is 26.3 Å². The SMILES string of the molecule is COc1ccc(/C=C/C(=O)c2ccc(C34CC5CC(CC(C5)C3)C4)cc2)cc1. The molecule has 0 atom stereocenters. The summed E-state index contributed by atoms with van der Waals surface area (Å²) in [6.45, 7) is 0. The van der Waals surface area contributed by atoms with E-state index in [4.69, 9.17) is 4.74 Å². The van der Waals surface area contributed by atoms with Crippen LogP contribution in [0, 0.1) is 17.8 Å². The summed E-state index contributed by atoms with van der Waals surface area (Å²) in [5.74, 6) is 3.72. The number of rotatable bonds is 5. The van der Waals surface area contributed by atoms with E-state index in [1.807, 2.05) is 42.5 Å². The first kappa shape index (κ1) is 17.7. The number of benzene rings is 2. The van der Waals surface area contributed by atoms with Gasteiger partial charge in [0.05, 0.1) is 7.11 Å². The Morgan fingerprint density at radius 3 is 2.00 bits per heavy atom. The normalized spacial score (nSPS) is 30.7. The monoisotopic (exact) mass is 372 g/mol. The standard InChI is InChI=1S/C26H28O2/c1-28-24-9-2-18(3-10-24)4-11-25(27)22-5-7-23(8-6-22)26-15-19-12-20(16-26)14-21(13-19)17-26/h2-11,19-21H,12-17H2,1H3/b11-4+. The van der Waals surface area contributed by atoms with Gasteiger partial charge in [-0.3, -0.25) is 4.79 Å². The van der Waals surface area contributed by atoms with Crippen molar-refractivity contribution in [1.29, 1.82) is 0 Å². The minimum absolute atomic E-state index is 0.0629. The third kappa shape index (κ3) is 3.19. The third-order valence-corrected chi connectivity index (χ3v) is 7.36. The Morgan fingerprint density at radius 2 is 1.46 bits per heavy atom. The van der Waals surface area contributed by atoms with Gasteiger partial charge in [0.2, 0.25) is 0 Å². The molecule has 6 rings (SSSR count). The molecule has 0 aromatic heterocycles. The molecule has 2 heteroatoms. The van der Waals surface area contributed by atoms with Crippen molar-refractivity contribution in [2.24, 2.45) is 17.8 Å². The van der Waals surface area contributed by atoms with Crippen molar-refractivity contribution >= 4 is 11.9 Å². The molecule has 2 nitrogen and oxygen atoms in total. The molecular weight excluding hydrogens is 344 g/mol. The van der Waals surface area contributed by atoms with Gasteiger partial charge in [0, 0.05) is 5.56 Å². The number of ether oxygens (including phenoxy) is 1. The quantitative estimate of drug-likeness (QED) is 0.471. The van der Waals surface area contributed by atoms with Gasteiger partial charge in [0.25, 0.3) is 0 Å². The number of hydrogen-bond acceptors (Lipinski definition) is 2. The van der Waals surface area contributed by atoms with Gasteiger partial charge in [-0.15, -0.1) is 0 Å². The minimum atomic E-state index is 0.0629. The summed E-state index contributed by atoms with van der Waals surface area (Å²) in [5, 5.41) is 0. The number of carbonyl (C=O) groups is 1. The Hall–Kier alpha value is -2.35. The average Bonchev–Trinajstić information content (AvgIpc) is 2.71. The van der Waals surface area contributed by atoms with Crippen LogP contribution in [0.5, 0.6) is 5.75 Å². The van der Waals surface area contributed by atoms with Gasteiger partial charge < -0.3 is 4.74 Å². The van der Waals surface area contributed by atoms with Crippen LogP contribution >= 0.6 is 0 Å². The Balaban J connectivity index is 1.31. The summed E-state index contributed by atoms with van der Waals surface area (Å²) in [5.41, 5.74) is 3.65. The number of methoxy groups -OCH3 is 1. The van der Waals surface area contributed by atoms with Gasteiger partial charge in [0.1, 0.15) is 5.75 Å². The van der Waals surface area contributed by atoms with Crippen LogP contribution in [0.1, 0.15) is 60.0 Å². The lowest BCUT2D eigenvalue weighted by Crippen LogP contribution is -2.48. The maximum Gasteiger partial charge on any atom is 0.185 e. The van der Waals surface area contributed by atoms with Gasteiger partial charge in [-0.25, -0.2) is 0 Å². The lowest BCUT2D eigenvalue weighted by atomic mass is 9.48. The fraction of sp³-hybridized carbons (Fsp3) is 0.423. The van der Waals surface area contributed by atoms with Crippen molar-refractivity contribution in [1.82, 2.24) is 0 Å². The highest BCUT2D eigenvalue weighted by Crippen LogP contribution is 2.60. The van der Waals surface area contributed by atoms with Crippen molar-refractivity contribution < 1.29 is 9.53 Å². The Morgan fingerprint density at radius 1 is 0.893 bits per heavy atom. The third-order valence-electron chi connectivity index (χ3n) is 7.36. The predicted octanol–water partition coefficient (Wildman–Crippen LogP) is 6.06. The van der Waals surface area contributed by atoms with Crippen molar-refractivity contribution in [3.63, 3.8) is 0 Å². The molecule has 4 fully saturated rings. The zero-order valence-electron chi connectivity index (χ0n) is 16.6. The Labute approximate surface area is 167 Å². The Kier molecular flexibility index (Phi) is 4.38. The molecule has 4 aliphatic rings. The second-order valence-electron chi connectivity index (χ2n) is 9.25. The van der Waals surface area contributed by atoms with E-state index in [1.54, 1.807) is 13.2 Å². The summed E-state index contributed by atoms with van der Waals surface area (Å²) < 4.78 is 5.17. The van der Waals surface area contributed by atoms with Gasteiger partial charge in [-0.2, -0.15) is 0 Å². The van der Waals surface area contributed by atoms with E-state index in [0.717, 1.165) is 34.6 Å². The fourth-order valence-corrected chi connectivity index (χ4v) is 6.44. The molecule has 0 heterocycles. The van der Waals surface area contributed by atoms with Crippen LogP contribution < -0.4 is 4.74 Å². The summed E-state index contributed by atoms with van der Waals surface area (Å²) in [7, 11) is 1.65. The van der Waals surface area contributed by atoms with Crippen LogP contribution in [0.3, 0.4) is 0 Å². The van der Waals surface area contributed by atoms with E-state index in [0.29, 0.717) is 5.41 Å². The molecule has 4 bridgehead atoms. The molecule has 0 unspecified atom stereocenters. The van der Waals surface area contributed by atoms with Crippen molar-refractivity contribution in [2.45, 2.75) is 43.9 Å². The van der Waals surface area contributed by atoms with Crippen LogP contribution in [-0.2, 0) is 5.41 Å². The predicted molar refractivity (Wildman–Crippen MR) is 113 cm³/mol. The van der Waals surface area contributed by atoms with E-state index in [2.05, 4.69) is 12.1 Å². The molecule has 0 saturated heterocycles. The highest BCUT2D eigenvalue weighted by molar-refractivity contribution is 6.06. The average molecular weight is 373 g/mol. The van der Waals surface area contributed by atoms with Crippen LogP contribution in [-0.4, -0.2) is 12.9 Å². The zero-order valence-corrected chi connectivity index (χ0v) is 16.6. The highest BCUT2D eigenvalue weighted by Gasteiger charge is 2.51. The summed E-state index contributed by atoms with van der Waals surface area (Å²) in [4.78, 5) is 12.6. The van der Waals surface area contributed by atoms with Crippen LogP contribution in [0.25, 0.3) is 6.08 Å². The van der Waals surface area contributed by atoms with E-state index >= 15 is 0 Å². The zero-order chi connectivity index (χ0) is 19.1. The van der Waals surface area contributed by atoms with E-state index < -0.39 is 0 Å². The number of ketones is 1. The summed E-state index contributed by atoms with van der Waals surface area (Å²) in [6.07, 6.45) is 12.0. The molecule has 144 valence electrons. The van der Waals surface area contributed by atoms with Gasteiger partial charge in [-0.05, 0) is 91.0 Å². The van der Waals surface area contributed by atoms with E-state index in [9.17, 15) is 4.79 Å². The van der Waals surface area contributed by atoms with Crippen molar-refractivity contribution in [3.8, 4) is 5.75 Å². The Bertz CT molecular complexity index is 854. The molecular formula is C26H28O2. The summed E-state index contributed by atoms with van der Waals surface area (Å²) >= 11 is 0. The molecule has 0 spiro atoms. The first-order chi connectivity index (χ1) is 13.6. The van der Waals surface area contributed by atoms with Crippen LogP contribution in [0.2, 0.25) is 0 Å². The molecule has 28 heavy (non-hydrogen) atoms. The molecule has 0 radical (unpaired) electrons. The van der Waals surface area contributed by atoms with E-state index in [-0.39, 0.29) is 5.78 Å². The van der Waals surface area contributed by atoms with Gasteiger partial charge in [0.15, 0.2) is 5.78 Å². The second kappa shape index (κ2) is 6.92. The lowest BCUT2D eigenvalue weighted by molar-refractivity contribution is -0.00519. The van der Waals surface area contributed by atoms with Gasteiger partial charge in [-0.1, -0.05) is 42.5 Å². The number of carbonyl (C=O) groups excluding carboxylic acids is 1. The molecule has 2 aromatic rings. The van der Waals surface area contributed by atoms with Crippen molar-refractivity contribution in [3.05, 3.63) is 71.3 Å². The molecule has 0 amide bonds. The second-order valence-corrected chi connectivity index (χ2v) is 9.25. The lowest BCUT2D eigenvalue weighted by Gasteiger charge is -2.57. The molecule has 0 N–H and O–H groups in total. The molecule has 2 aromatic carbocycles. The smallest absolute Gasteiger partial charge is 0.185 e. The summed E-state index contributed by atoms with van der Waals surface area (Å²) in [6, 6.07) is 16.3. The van der Waals surface area contributed by atoms with Crippen molar-refractivity contribution in [2.75, 3.05) is 7.11 Å². The van der Waals surface area contributed by atoms with Gasteiger partial charge >= 0.3 is 0 Å². The maximum atomic E-state index is 12.6. The van der Waals surface area contributed by atoms with Crippen LogP contribution in [0.4, 0.5) is 0 Å². The van der Waals surface area contributed by atoms with E-state index in [1.165, 1.54) is 44.1 Å². The fourth-order valence-electron chi connectivity index (χ4n) is 6.44. The maximum absolute atomic E-state index is 12.6. The largest absolute Gasteiger partial charge is 0.497 e. The molecule has 0 aliphatic heterocycles. The highest BCUT2D eigenvalue weighted by atomic mass is 16.5. The first-order valence-electron chi connectivity index (χ1n) is 10.6. The first-order valence-corrected chi connectivity index (χ1v) is 10.6. The number of allylic oxidation sites excluding steroid dienone is 1. The minimum Gasteiger partial charge on any atom is -0.497 e.